The van der Waals surface area contributed by atoms with Crippen LogP contribution in [0.15, 0.2) is 23.3 Å². The predicted molar refractivity (Wildman–Crippen MR) is 333 cm³/mol. The number of nitrogens with two attached hydrogens (primary N) is 5. The SMILES string of the molecule is CSCCCNC(=O)c1csc(-c2csc(CCNC(=O)[C@@H](NC(=O)[C@@H](C)[C@H](O)[C@@H](C)NC(=O)[C@@H](NC(=O)c3nc([C@H](CC(N)=O)NC[C@H](N)C(N)=O)nc(N)c3C)[C@@H](O[C@H]3O[C@@H](CO)[C@@H](O)[C@H](O)[C@H]3O[C@@H]3O[C@H](CO)[C@@H](O)[C@H](OC(N)=O)[C@@H]3O)c3cnc[nH]3)[C@@H](C)O)n2)n1. The zero-order chi connectivity index (χ0) is 70.1. The van der Waals surface area contributed by atoms with E-state index in [1.54, 1.807) is 22.5 Å². The number of aromatic nitrogens is 6. The molecule has 19 atom stereocenters. The van der Waals surface area contributed by atoms with Crippen molar-refractivity contribution in [1.82, 2.24) is 61.8 Å². The maximum absolute atomic E-state index is 15.2. The number of ether oxygens (including phenoxy) is 5. The quantitative estimate of drug-likeness (QED) is 0.0190. The monoisotopic (exact) mass is 1400 g/mol. The summed E-state index contributed by atoms with van der Waals surface area (Å²) in [6, 6.07) is -7.85. The second-order valence-corrected chi connectivity index (χ2v) is 24.9. The molecule has 526 valence electrons. The molecule has 4 aromatic rings. The largest absolute Gasteiger partial charge is 0.441 e. The number of anilines is 1. The van der Waals surface area contributed by atoms with Gasteiger partial charge in [-0.1, -0.05) is 6.92 Å². The molecule has 0 radical (unpaired) electrons. The molecule has 0 spiro atoms. The van der Waals surface area contributed by atoms with Gasteiger partial charge in [-0.2, -0.15) is 11.8 Å². The minimum Gasteiger partial charge on any atom is -0.441 e. The Morgan fingerprint density at radius 1 is 0.789 bits per heavy atom. The number of amides is 8. The molecule has 0 aliphatic carbocycles. The third-order valence-corrected chi connectivity index (χ3v) is 17.5. The molecule has 6 heterocycles. The highest BCUT2D eigenvalue weighted by Gasteiger charge is 2.54. The van der Waals surface area contributed by atoms with Gasteiger partial charge in [0.05, 0.1) is 72.7 Å². The Hall–Kier alpha value is -7.30. The molecule has 8 amide bonds. The zero-order valence-corrected chi connectivity index (χ0v) is 54.3. The van der Waals surface area contributed by atoms with E-state index in [2.05, 4.69) is 61.8 Å². The van der Waals surface area contributed by atoms with E-state index in [4.69, 9.17) is 52.4 Å². The molecule has 0 aromatic carbocycles. The zero-order valence-electron chi connectivity index (χ0n) is 51.9. The molecule has 2 aliphatic rings. The molecule has 0 bridgehead atoms. The van der Waals surface area contributed by atoms with Crippen molar-refractivity contribution in [1.29, 1.82) is 0 Å². The number of nitrogen functional groups attached to an aromatic ring is 1. The van der Waals surface area contributed by atoms with Crippen molar-refractivity contribution in [2.45, 2.75) is 157 Å². The fourth-order valence-electron chi connectivity index (χ4n) is 9.65. The molecule has 2 saturated heterocycles. The maximum atomic E-state index is 15.2. The van der Waals surface area contributed by atoms with Crippen LogP contribution in [0.1, 0.15) is 88.8 Å². The van der Waals surface area contributed by atoms with Gasteiger partial charge < -0.3 is 130 Å². The number of carbonyl (C=O) groups excluding carboxylic acids is 8. The van der Waals surface area contributed by atoms with E-state index in [1.165, 1.54) is 50.4 Å². The van der Waals surface area contributed by atoms with E-state index in [0.717, 1.165) is 24.7 Å². The molecular formula is C54H81N17O21S3. The number of aliphatic hydroxyl groups is 8. The Morgan fingerprint density at radius 3 is 2.12 bits per heavy atom. The van der Waals surface area contributed by atoms with Crippen molar-refractivity contribution in [2.75, 3.05) is 50.6 Å². The summed E-state index contributed by atoms with van der Waals surface area (Å²) >= 11 is 4.19. The Morgan fingerprint density at radius 2 is 1.48 bits per heavy atom. The van der Waals surface area contributed by atoms with Gasteiger partial charge in [0, 0.05) is 48.8 Å². The number of hydrogen-bond donors (Lipinski definition) is 20. The molecule has 41 heteroatoms. The van der Waals surface area contributed by atoms with Crippen LogP contribution in [0.5, 0.6) is 0 Å². The molecule has 4 aromatic heterocycles. The molecule has 38 nitrogen and oxygen atoms in total. The summed E-state index contributed by atoms with van der Waals surface area (Å²) in [5, 5.41) is 108. The summed E-state index contributed by atoms with van der Waals surface area (Å²) in [6.45, 7) is 3.15. The molecule has 0 saturated carbocycles. The standard InChI is InChI=1S/C54H81N17O21S3/c1-19-32(68-45(71-43(19)57)24(11-30(56)75)63-12-23(55)44(58)81)49(85)70-34(40(25-13-60-18-64-25)90-53-42(38(79)36(77)28(14-72)89-53)91-52-39(80)41(92-54(59)87)37(78)29(15-73)88-52)50(86)65-21(3)35(76)20(2)46(82)69-33(22(4)74)48(84)62-9-7-31-66-27(17-94-31)51-67-26(16-95-51)47(83)61-8-6-10-93-5/h13,16-18,20-24,28-29,33-42,52-53,63,72-74,76-80H,6-12,14-15,55H2,1-5H3,(H2,56,75)(H2,58,81)(H2,59,87)(H,60,64)(H,61,83)(H,62,84)(H,65,86)(H,69,82)(H,70,85)(H2,57,68,71)/t20-,21+,22+,23-,24-,28-,29+,33-,34-,35-,36+,37+,38-,39-,40-,41-,42+,52-,53+/m0/s1. The van der Waals surface area contributed by atoms with Gasteiger partial charge in [-0.25, -0.2) is 29.7 Å². The molecule has 0 unspecified atom stereocenters. The summed E-state index contributed by atoms with van der Waals surface area (Å²) < 4.78 is 28.7. The first-order chi connectivity index (χ1) is 45.0. The van der Waals surface area contributed by atoms with Gasteiger partial charge in [0.15, 0.2) is 18.7 Å². The van der Waals surface area contributed by atoms with Gasteiger partial charge in [0.25, 0.3) is 11.8 Å². The average molecular weight is 1400 g/mol. The number of thioether (sulfide) groups is 1. The lowest BCUT2D eigenvalue weighted by Crippen LogP contribution is -2.65. The number of carbonyl (C=O) groups is 8. The summed E-state index contributed by atoms with van der Waals surface area (Å²) in [5.41, 5.74) is 28.0. The van der Waals surface area contributed by atoms with E-state index in [1.807, 2.05) is 6.26 Å². The second kappa shape index (κ2) is 35.6. The molecular weight excluding hydrogens is 1320 g/mol. The lowest BCUT2D eigenvalue weighted by molar-refractivity contribution is -0.372. The summed E-state index contributed by atoms with van der Waals surface area (Å²) in [4.78, 5) is 130. The predicted octanol–water partition coefficient (Wildman–Crippen LogP) is -7.22. The number of aliphatic hydroxyl groups excluding tert-OH is 8. The first-order valence-electron chi connectivity index (χ1n) is 29.4. The van der Waals surface area contributed by atoms with Crippen LogP contribution in [0.2, 0.25) is 0 Å². The number of nitrogens with zero attached hydrogens (tertiary/aromatic N) is 5. The van der Waals surface area contributed by atoms with Crippen molar-refractivity contribution < 1.29 is 103 Å². The first kappa shape index (κ1) is 76.7. The lowest BCUT2D eigenvalue weighted by atomic mass is 9.96. The molecule has 2 aliphatic heterocycles. The smallest absolute Gasteiger partial charge is 0.404 e. The van der Waals surface area contributed by atoms with Gasteiger partial charge in [-0.05, 0) is 39.2 Å². The number of primary amides is 3. The average Bonchev–Trinajstić information content (AvgIpc) is 1.31. The van der Waals surface area contributed by atoms with Crippen LogP contribution >= 0.6 is 34.4 Å². The van der Waals surface area contributed by atoms with E-state index >= 15 is 4.79 Å². The molecule has 95 heavy (non-hydrogen) atoms. The fraction of sp³-hybridized carbons (Fsp3) is 0.611. The Bertz CT molecular complexity index is 3250. The second-order valence-electron chi connectivity index (χ2n) is 22.1. The van der Waals surface area contributed by atoms with Crippen LogP contribution in [0, 0.1) is 12.8 Å². The summed E-state index contributed by atoms with van der Waals surface area (Å²) in [7, 11) is 0. The molecule has 25 N–H and O–H groups in total. The van der Waals surface area contributed by atoms with Crippen LogP contribution in [-0.2, 0) is 54.1 Å². The molecule has 2 fully saturated rings. The third kappa shape index (κ3) is 20.4. The van der Waals surface area contributed by atoms with Crippen molar-refractivity contribution in [3.05, 3.63) is 56.8 Å². The minimum absolute atomic E-state index is 0.00588. The van der Waals surface area contributed by atoms with Crippen LogP contribution in [0.4, 0.5) is 10.6 Å². The summed E-state index contributed by atoms with van der Waals surface area (Å²) in [6.07, 6.45) is -22.3. The van der Waals surface area contributed by atoms with E-state index < -0.39 is 183 Å². The number of rotatable bonds is 35. The number of imidazole rings is 1. The highest BCUT2D eigenvalue weighted by atomic mass is 32.2. The maximum Gasteiger partial charge on any atom is 0.404 e. The Kier molecular flexibility index (Phi) is 28.8. The minimum atomic E-state index is -2.20. The third-order valence-electron chi connectivity index (χ3n) is 15.1. The van der Waals surface area contributed by atoms with Crippen LogP contribution in [-0.4, -0.2) is 261 Å². The van der Waals surface area contributed by atoms with Crippen molar-refractivity contribution in [2.24, 2.45) is 28.9 Å². The number of hydrogen-bond acceptors (Lipinski definition) is 32. The van der Waals surface area contributed by atoms with Crippen molar-refractivity contribution in [3.8, 4) is 10.7 Å². The van der Waals surface area contributed by atoms with Crippen molar-refractivity contribution in [3.63, 3.8) is 0 Å². The van der Waals surface area contributed by atoms with E-state index in [-0.39, 0.29) is 54.0 Å². The van der Waals surface area contributed by atoms with Gasteiger partial charge in [-0.15, -0.1) is 22.7 Å². The Labute approximate surface area is 553 Å². The van der Waals surface area contributed by atoms with Crippen LogP contribution < -0.4 is 60.6 Å². The highest BCUT2D eigenvalue weighted by Crippen LogP contribution is 2.35. The van der Waals surface area contributed by atoms with Gasteiger partial charge in [0.1, 0.15) is 94.6 Å². The fourth-order valence-corrected chi connectivity index (χ4v) is 11.7. The number of thiazole rings is 2. The number of H-pyrrole nitrogens is 1. The van der Waals surface area contributed by atoms with Gasteiger partial charge >= 0.3 is 6.09 Å². The first-order valence-corrected chi connectivity index (χ1v) is 32.6. The highest BCUT2D eigenvalue weighted by molar-refractivity contribution is 7.98. The summed E-state index contributed by atoms with van der Waals surface area (Å²) in [5.74, 6) is -7.80. The molecule has 6 rings (SSSR count). The lowest BCUT2D eigenvalue weighted by Gasteiger charge is -2.47. The van der Waals surface area contributed by atoms with Crippen LogP contribution in [0.25, 0.3) is 10.7 Å². The van der Waals surface area contributed by atoms with E-state index in [9.17, 15) is 74.4 Å². The topological polar surface area (TPSA) is 627 Å². The Balaban J connectivity index is 1.27. The number of aromatic amines is 1. The van der Waals surface area contributed by atoms with Crippen LogP contribution in [0.3, 0.4) is 0 Å². The normalized spacial score (nSPS) is 24.1. The van der Waals surface area contributed by atoms with Gasteiger partial charge in [0.2, 0.25) is 29.5 Å². The van der Waals surface area contributed by atoms with Crippen molar-refractivity contribution >= 4 is 87.7 Å². The number of nitrogens with one attached hydrogen (secondary N) is 7. The van der Waals surface area contributed by atoms with E-state index in [0.29, 0.717) is 22.3 Å². The van der Waals surface area contributed by atoms with Gasteiger partial charge in [-0.3, -0.25) is 33.6 Å².